The van der Waals surface area contributed by atoms with E-state index in [2.05, 4.69) is 40.5 Å². The van der Waals surface area contributed by atoms with Gasteiger partial charge in [0.2, 0.25) is 0 Å². The zero-order valence-electron chi connectivity index (χ0n) is 14.4. The highest BCUT2D eigenvalue weighted by Crippen LogP contribution is 2.36. The molecular weight excluding hydrogens is 288 g/mol. The van der Waals surface area contributed by atoms with Crippen LogP contribution in [-0.4, -0.2) is 34.7 Å². The number of piperidine rings is 1. The summed E-state index contributed by atoms with van der Waals surface area (Å²) in [6.45, 7) is 6.73. The molecule has 1 unspecified atom stereocenters. The van der Waals surface area contributed by atoms with E-state index < -0.39 is 5.60 Å². The van der Waals surface area contributed by atoms with E-state index in [-0.39, 0.29) is 12.1 Å². The van der Waals surface area contributed by atoms with Gasteiger partial charge in [-0.2, -0.15) is 0 Å². The maximum atomic E-state index is 12.0. The van der Waals surface area contributed by atoms with Crippen LogP contribution in [0.5, 0.6) is 0 Å². The van der Waals surface area contributed by atoms with E-state index in [0.717, 1.165) is 19.4 Å². The molecule has 2 fully saturated rings. The van der Waals surface area contributed by atoms with Gasteiger partial charge >= 0.3 is 6.09 Å². The molecule has 2 saturated heterocycles. The van der Waals surface area contributed by atoms with Crippen LogP contribution in [0, 0.1) is 0 Å². The van der Waals surface area contributed by atoms with Crippen LogP contribution < -0.4 is 5.32 Å². The first kappa shape index (κ1) is 16.3. The van der Waals surface area contributed by atoms with Gasteiger partial charge in [0.25, 0.3) is 0 Å². The normalized spacial score (nSPS) is 27.7. The van der Waals surface area contributed by atoms with Gasteiger partial charge in [-0.3, -0.25) is 4.90 Å². The number of carbonyl (C=O) groups is 1. The first-order valence-corrected chi connectivity index (χ1v) is 8.70. The van der Waals surface area contributed by atoms with Crippen molar-refractivity contribution in [1.82, 2.24) is 10.2 Å². The number of benzene rings is 1. The summed E-state index contributed by atoms with van der Waals surface area (Å²) >= 11 is 0. The average molecular weight is 316 g/mol. The largest absolute Gasteiger partial charge is 0.444 e. The third-order valence-electron chi connectivity index (χ3n) is 4.81. The fourth-order valence-electron chi connectivity index (χ4n) is 3.92. The van der Waals surface area contributed by atoms with Gasteiger partial charge in [-0.1, -0.05) is 30.3 Å². The Balaban J connectivity index is 1.56. The summed E-state index contributed by atoms with van der Waals surface area (Å²) in [5.74, 6) is 0. The predicted molar refractivity (Wildman–Crippen MR) is 91.2 cm³/mol. The zero-order chi connectivity index (χ0) is 16.4. The van der Waals surface area contributed by atoms with Crippen molar-refractivity contribution in [2.24, 2.45) is 0 Å². The highest BCUT2D eigenvalue weighted by molar-refractivity contribution is 5.68. The molecule has 126 valence electrons. The molecule has 1 amide bonds. The molecule has 0 spiro atoms. The lowest BCUT2D eigenvalue weighted by atomic mass is 9.96. The SMILES string of the molecule is CC(C)(C)OC(=O)NC1C[C@H]2CC[C@@H](C1)N2Cc1ccccc1. The van der Waals surface area contributed by atoms with Crippen molar-refractivity contribution in [1.29, 1.82) is 0 Å². The first-order chi connectivity index (χ1) is 10.9. The maximum absolute atomic E-state index is 12.0. The highest BCUT2D eigenvalue weighted by Gasteiger charge is 2.41. The van der Waals surface area contributed by atoms with Crippen molar-refractivity contribution in [2.45, 2.75) is 76.7 Å². The van der Waals surface area contributed by atoms with Gasteiger partial charge < -0.3 is 10.1 Å². The number of nitrogens with zero attached hydrogens (tertiary/aromatic N) is 1. The molecule has 3 atom stereocenters. The third-order valence-corrected chi connectivity index (χ3v) is 4.81. The highest BCUT2D eigenvalue weighted by atomic mass is 16.6. The fraction of sp³-hybridized carbons (Fsp3) is 0.632. The van der Waals surface area contributed by atoms with Crippen molar-refractivity contribution in [2.75, 3.05) is 0 Å². The van der Waals surface area contributed by atoms with Crippen LogP contribution in [0.4, 0.5) is 4.79 Å². The van der Waals surface area contributed by atoms with Crippen molar-refractivity contribution < 1.29 is 9.53 Å². The van der Waals surface area contributed by atoms with Gasteiger partial charge in [0, 0.05) is 24.7 Å². The van der Waals surface area contributed by atoms with Gasteiger partial charge in [-0.15, -0.1) is 0 Å². The van der Waals surface area contributed by atoms with E-state index in [1.165, 1.54) is 18.4 Å². The summed E-state index contributed by atoms with van der Waals surface area (Å²) in [7, 11) is 0. The van der Waals surface area contributed by atoms with Gasteiger partial charge in [0.1, 0.15) is 5.60 Å². The Morgan fingerprint density at radius 2 is 1.78 bits per heavy atom. The van der Waals surface area contributed by atoms with Crippen molar-refractivity contribution in [3.8, 4) is 0 Å². The number of amides is 1. The summed E-state index contributed by atoms with van der Waals surface area (Å²) in [6.07, 6.45) is 4.26. The topological polar surface area (TPSA) is 41.6 Å². The Morgan fingerprint density at radius 1 is 1.17 bits per heavy atom. The van der Waals surface area contributed by atoms with Gasteiger partial charge in [0.05, 0.1) is 0 Å². The van der Waals surface area contributed by atoms with Crippen LogP contribution in [0.15, 0.2) is 30.3 Å². The van der Waals surface area contributed by atoms with Crippen LogP contribution >= 0.6 is 0 Å². The van der Waals surface area contributed by atoms with Crippen LogP contribution in [0.2, 0.25) is 0 Å². The summed E-state index contributed by atoms with van der Waals surface area (Å²) < 4.78 is 5.39. The van der Waals surface area contributed by atoms with Crippen molar-refractivity contribution in [3.63, 3.8) is 0 Å². The molecular formula is C19H28N2O2. The van der Waals surface area contributed by atoms with Crippen LogP contribution in [0.25, 0.3) is 0 Å². The van der Waals surface area contributed by atoms with E-state index in [9.17, 15) is 4.79 Å². The van der Waals surface area contributed by atoms with Crippen LogP contribution in [0.3, 0.4) is 0 Å². The average Bonchev–Trinajstić information content (AvgIpc) is 2.68. The Hall–Kier alpha value is -1.55. The number of carbonyl (C=O) groups excluding carboxylic acids is 1. The summed E-state index contributed by atoms with van der Waals surface area (Å²) in [5.41, 5.74) is 0.944. The lowest BCUT2D eigenvalue weighted by molar-refractivity contribution is 0.0436. The number of hydrogen-bond donors (Lipinski definition) is 1. The van der Waals surface area contributed by atoms with Gasteiger partial charge in [0.15, 0.2) is 0 Å². The number of rotatable bonds is 3. The number of hydrogen-bond acceptors (Lipinski definition) is 3. The molecule has 2 bridgehead atoms. The van der Waals surface area contributed by atoms with E-state index in [1.54, 1.807) is 0 Å². The minimum absolute atomic E-state index is 0.245. The Kier molecular flexibility index (Phi) is 4.62. The smallest absolute Gasteiger partial charge is 0.407 e. The predicted octanol–water partition coefficient (Wildman–Crippen LogP) is 3.71. The molecule has 0 aliphatic carbocycles. The molecule has 0 radical (unpaired) electrons. The molecule has 0 saturated carbocycles. The lowest BCUT2D eigenvalue weighted by Gasteiger charge is -2.39. The molecule has 0 aromatic heterocycles. The quantitative estimate of drug-likeness (QED) is 0.924. The zero-order valence-corrected chi connectivity index (χ0v) is 14.4. The third kappa shape index (κ3) is 4.25. The Bertz CT molecular complexity index is 524. The standard InChI is InChI=1S/C19H28N2O2/c1-19(2,3)23-18(22)20-15-11-16-9-10-17(12-15)21(16)13-14-7-5-4-6-8-14/h4-8,15-17H,9-13H2,1-3H3,(H,20,22)/t15?,16-,17+. The summed E-state index contributed by atoms with van der Waals surface area (Å²) in [4.78, 5) is 14.6. The lowest BCUT2D eigenvalue weighted by Crippen LogP contribution is -2.50. The summed E-state index contributed by atoms with van der Waals surface area (Å²) in [5, 5.41) is 3.07. The second-order valence-corrected chi connectivity index (χ2v) is 7.86. The van der Waals surface area contributed by atoms with E-state index in [1.807, 2.05) is 20.8 Å². The van der Waals surface area contributed by atoms with Gasteiger partial charge in [-0.05, 0) is 52.0 Å². The molecule has 3 rings (SSSR count). The van der Waals surface area contributed by atoms with E-state index in [4.69, 9.17) is 4.74 Å². The fourth-order valence-corrected chi connectivity index (χ4v) is 3.92. The van der Waals surface area contributed by atoms with E-state index in [0.29, 0.717) is 12.1 Å². The van der Waals surface area contributed by atoms with E-state index >= 15 is 0 Å². The molecule has 1 aromatic rings. The molecule has 2 aliphatic rings. The second-order valence-electron chi connectivity index (χ2n) is 7.86. The number of alkyl carbamates (subject to hydrolysis) is 1. The molecule has 2 aliphatic heterocycles. The minimum atomic E-state index is -0.433. The summed E-state index contributed by atoms with van der Waals surface area (Å²) in [6, 6.07) is 12.1. The Morgan fingerprint density at radius 3 is 2.35 bits per heavy atom. The molecule has 4 nitrogen and oxygen atoms in total. The first-order valence-electron chi connectivity index (χ1n) is 8.70. The molecule has 2 heterocycles. The molecule has 23 heavy (non-hydrogen) atoms. The van der Waals surface area contributed by atoms with Crippen LogP contribution in [-0.2, 0) is 11.3 Å². The minimum Gasteiger partial charge on any atom is -0.444 e. The van der Waals surface area contributed by atoms with Gasteiger partial charge in [-0.25, -0.2) is 4.79 Å². The maximum Gasteiger partial charge on any atom is 0.407 e. The van der Waals surface area contributed by atoms with Crippen molar-refractivity contribution in [3.05, 3.63) is 35.9 Å². The number of fused-ring (bicyclic) bond motifs is 2. The second kappa shape index (κ2) is 6.52. The monoisotopic (exact) mass is 316 g/mol. The Labute approximate surface area is 139 Å². The molecule has 1 N–H and O–H groups in total. The number of nitrogens with one attached hydrogen (secondary N) is 1. The molecule has 4 heteroatoms. The molecule has 1 aromatic carbocycles. The van der Waals surface area contributed by atoms with Crippen LogP contribution in [0.1, 0.15) is 52.0 Å². The van der Waals surface area contributed by atoms with Crippen molar-refractivity contribution >= 4 is 6.09 Å². The number of ether oxygens (including phenoxy) is 1.